The lowest BCUT2D eigenvalue weighted by Crippen LogP contribution is -2.61. The number of amides is 1. The molecule has 0 saturated carbocycles. The number of carboxylic acid groups (broad SMARTS) is 1. The van der Waals surface area contributed by atoms with Gasteiger partial charge in [0.1, 0.15) is 12.1 Å². The number of rotatable bonds is 4. The van der Waals surface area contributed by atoms with Gasteiger partial charge in [-0.05, 0) is 6.42 Å². The van der Waals surface area contributed by atoms with Crippen molar-refractivity contribution < 1.29 is 14.7 Å². The van der Waals surface area contributed by atoms with Crippen LogP contribution in [0.4, 0.5) is 0 Å². The number of likely N-dealkylation sites (N-methyl/N-ethyl adjacent to an activating group) is 1. The highest BCUT2D eigenvalue weighted by atomic mass is 16.4. The predicted octanol–water partition coefficient (Wildman–Crippen LogP) is -0.788. The van der Waals surface area contributed by atoms with Gasteiger partial charge in [-0.15, -0.1) is 0 Å². The molecule has 6 heteroatoms. The Balaban J connectivity index is 2.85. The third-order valence-electron chi connectivity index (χ3n) is 3.08. The molecule has 1 amide bonds. The van der Waals surface area contributed by atoms with E-state index in [-0.39, 0.29) is 11.9 Å². The fourth-order valence-electron chi connectivity index (χ4n) is 2.17. The van der Waals surface area contributed by atoms with Crippen LogP contribution in [-0.4, -0.2) is 72.6 Å². The van der Waals surface area contributed by atoms with Crippen LogP contribution in [0.5, 0.6) is 0 Å². The van der Waals surface area contributed by atoms with Crippen molar-refractivity contribution >= 4 is 11.9 Å². The summed E-state index contributed by atoms with van der Waals surface area (Å²) in [6, 6.07) is -0.953. The zero-order valence-electron chi connectivity index (χ0n) is 10.6. The second-order valence-electron chi connectivity index (χ2n) is 4.45. The lowest BCUT2D eigenvalue weighted by atomic mass is 10.1. The Morgan fingerprint density at radius 3 is 2.65 bits per heavy atom. The summed E-state index contributed by atoms with van der Waals surface area (Å²) in [5.41, 5.74) is 0. The minimum Gasteiger partial charge on any atom is -0.480 e. The van der Waals surface area contributed by atoms with Crippen molar-refractivity contribution in [3.63, 3.8) is 0 Å². The fraction of sp³-hybridized carbons (Fsp3) is 0.818. The molecular formula is C11H21N3O3. The first-order valence-corrected chi connectivity index (χ1v) is 5.89. The summed E-state index contributed by atoms with van der Waals surface area (Å²) in [4.78, 5) is 26.5. The van der Waals surface area contributed by atoms with Crippen LogP contribution in [-0.2, 0) is 9.59 Å². The monoisotopic (exact) mass is 243 g/mol. The van der Waals surface area contributed by atoms with Crippen LogP contribution in [0.1, 0.15) is 13.3 Å². The number of carbonyl (C=O) groups excluding carboxylic acids is 1. The van der Waals surface area contributed by atoms with E-state index in [2.05, 4.69) is 5.32 Å². The number of carbonyl (C=O) groups is 2. The molecular weight excluding hydrogens is 222 g/mol. The van der Waals surface area contributed by atoms with Crippen LogP contribution in [0.3, 0.4) is 0 Å². The van der Waals surface area contributed by atoms with E-state index in [9.17, 15) is 14.7 Å². The maximum absolute atomic E-state index is 12.0. The molecule has 1 saturated heterocycles. The maximum Gasteiger partial charge on any atom is 0.320 e. The topological polar surface area (TPSA) is 72.9 Å². The maximum atomic E-state index is 12.0. The summed E-state index contributed by atoms with van der Waals surface area (Å²) in [7, 11) is 3.38. The zero-order chi connectivity index (χ0) is 13.0. The van der Waals surface area contributed by atoms with Crippen molar-refractivity contribution in [2.45, 2.75) is 25.4 Å². The summed E-state index contributed by atoms with van der Waals surface area (Å²) in [5, 5.41) is 12.3. The van der Waals surface area contributed by atoms with Crippen LogP contribution < -0.4 is 5.32 Å². The quantitative estimate of drug-likeness (QED) is 0.677. The van der Waals surface area contributed by atoms with Gasteiger partial charge in [0, 0.05) is 33.7 Å². The molecule has 0 radical (unpaired) electrons. The van der Waals surface area contributed by atoms with Gasteiger partial charge < -0.3 is 15.3 Å². The lowest BCUT2D eigenvalue weighted by Gasteiger charge is -2.39. The van der Waals surface area contributed by atoms with Crippen LogP contribution >= 0.6 is 0 Å². The molecule has 0 aromatic carbocycles. The molecule has 0 bridgehead atoms. The number of hydrogen-bond acceptors (Lipinski definition) is 4. The molecule has 1 rings (SSSR count). The standard InChI is InChI=1S/C11H21N3O3/c1-4-8(11(16)17)14-6-5-12-7-9(14)10(15)13(2)3/h8-9,12H,4-7H2,1-3H3,(H,16,17). The van der Waals surface area contributed by atoms with E-state index < -0.39 is 12.0 Å². The Hall–Kier alpha value is -1.14. The van der Waals surface area contributed by atoms with Gasteiger partial charge in [0.05, 0.1) is 0 Å². The molecule has 98 valence electrons. The predicted molar refractivity (Wildman–Crippen MR) is 63.8 cm³/mol. The van der Waals surface area contributed by atoms with E-state index in [4.69, 9.17) is 0 Å². The normalized spacial score (nSPS) is 23.1. The smallest absolute Gasteiger partial charge is 0.320 e. The van der Waals surface area contributed by atoms with E-state index in [1.54, 1.807) is 19.0 Å². The number of aliphatic carboxylic acids is 1. The summed E-state index contributed by atoms with van der Waals surface area (Å²) < 4.78 is 0. The molecule has 0 spiro atoms. The van der Waals surface area contributed by atoms with Gasteiger partial charge in [0.25, 0.3) is 0 Å². The van der Waals surface area contributed by atoms with Crippen molar-refractivity contribution in [2.24, 2.45) is 0 Å². The molecule has 17 heavy (non-hydrogen) atoms. The van der Waals surface area contributed by atoms with E-state index in [1.807, 2.05) is 6.92 Å². The third-order valence-corrected chi connectivity index (χ3v) is 3.08. The molecule has 0 aromatic rings. The summed E-state index contributed by atoms with van der Waals surface area (Å²) in [6.07, 6.45) is 0.506. The average Bonchev–Trinajstić information content (AvgIpc) is 2.29. The third kappa shape index (κ3) is 3.17. The minimum absolute atomic E-state index is 0.0445. The van der Waals surface area contributed by atoms with Crippen molar-refractivity contribution in [1.29, 1.82) is 0 Å². The second-order valence-corrected chi connectivity index (χ2v) is 4.45. The molecule has 0 aliphatic carbocycles. The molecule has 1 aliphatic heterocycles. The average molecular weight is 243 g/mol. The Morgan fingerprint density at radius 1 is 1.53 bits per heavy atom. The highest BCUT2D eigenvalue weighted by Crippen LogP contribution is 2.13. The van der Waals surface area contributed by atoms with Crippen molar-refractivity contribution in [1.82, 2.24) is 15.1 Å². The molecule has 2 atom stereocenters. The van der Waals surface area contributed by atoms with Gasteiger partial charge in [-0.25, -0.2) is 0 Å². The molecule has 6 nitrogen and oxygen atoms in total. The number of piperazine rings is 1. The zero-order valence-corrected chi connectivity index (χ0v) is 10.6. The first kappa shape index (κ1) is 13.9. The first-order valence-electron chi connectivity index (χ1n) is 5.89. The van der Waals surface area contributed by atoms with Crippen molar-refractivity contribution in [3.8, 4) is 0 Å². The van der Waals surface area contributed by atoms with Gasteiger partial charge in [0.2, 0.25) is 5.91 Å². The Morgan fingerprint density at radius 2 is 2.18 bits per heavy atom. The fourth-order valence-corrected chi connectivity index (χ4v) is 2.17. The first-order chi connectivity index (χ1) is 7.99. The van der Waals surface area contributed by atoms with Crippen molar-refractivity contribution in [3.05, 3.63) is 0 Å². The highest BCUT2D eigenvalue weighted by molar-refractivity contribution is 5.83. The van der Waals surface area contributed by atoms with Gasteiger partial charge >= 0.3 is 5.97 Å². The van der Waals surface area contributed by atoms with Crippen LogP contribution in [0, 0.1) is 0 Å². The van der Waals surface area contributed by atoms with Crippen molar-refractivity contribution in [2.75, 3.05) is 33.7 Å². The van der Waals surface area contributed by atoms with Crippen LogP contribution in [0.2, 0.25) is 0 Å². The van der Waals surface area contributed by atoms with Crippen LogP contribution in [0.25, 0.3) is 0 Å². The van der Waals surface area contributed by atoms with Gasteiger partial charge in [0.15, 0.2) is 0 Å². The molecule has 1 heterocycles. The molecule has 2 N–H and O–H groups in total. The molecule has 1 aliphatic rings. The van der Waals surface area contributed by atoms with E-state index in [1.165, 1.54) is 4.90 Å². The molecule has 0 aromatic heterocycles. The highest BCUT2D eigenvalue weighted by Gasteiger charge is 2.36. The number of nitrogens with one attached hydrogen (secondary N) is 1. The molecule has 2 unspecified atom stereocenters. The summed E-state index contributed by atoms with van der Waals surface area (Å²) in [6.45, 7) is 3.66. The summed E-state index contributed by atoms with van der Waals surface area (Å²) in [5.74, 6) is -0.900. The number of carboxylic acids is 1. The SMILES string of the molecule is CCC(C(=O)O)N1CCNCC1C(=O)N(C)C. The van der Waals surface area contributed by atoms with Gasteiger partial charge in [-0.1, -0.05) is 6.92 Å². The number of hydrogen-bond donors (Lipinski definition) is 2. The Kier molecular flexibility index (Phi) is 4.89. The van der Waals surface area contributed by atoms with E-state index >= 15 is 0 Å². The lowest BCUT2D eigenvalue weighted by molar-refractivity contribution is -0.148. The number of nitrogens with zero attached hydrogens (tertiary/aromatic N) is 2. The minimum atomic E-state index is -0.856. The molecule has 1 fully saturated rings. The Bertz CT molecular complexity index is 294. The van der Waals surface area contributed by atoms with Crippen LogP contribution in [0.15, 0.2) is 0 Å². The van der Waals surface area contributed by atoms with Gasteiger partial charge in [-0.2, -0.15) is 0 Å². The summed E-state index contributed by atoms with van der Waals surface area (Å²) >= 11 is 0. The second kappa shape index (κ2) is 5.97. The Labute approximate surface area is 102 Å². The van der Waals surface area contributed by atoms with E-state index in [0.29, 0.717) is 19.5 Å². The van der Waals surface area contributed by atoms with E-state index in [0.717, 1.165) is 6.54 Å². The largest absolute Gasteiger partial charge is 0.480 e. The van der Waals surface area contributed by atoms with Gasteiger partial charge in [-0.3, -0.25) is 14.5 Å².